The highest BCUT2D eigenvalue weighted by Gasteiger charge is 2.12. The molecule has 0 fully saturated rings. The van der Waals surface area contributed by atoms with Crippen LogP contribution in [0.2, 0.25) is 0 Å². The van der Waals surface area contributed by atoms with E-state index in [4.69, 9.17) is 9.47 Å². The van der Waals surface area contributed by atoms with Crippen molar-refractivity contribution < 1.29 is 14.3 Å². The summed E-state index contributed by atoms with van der Waals surface area (Å²) < 4.78 is 11.0. The van der Waals surface area contributed by atoms with Gasteiger partial charge in [-0.05, 0) is 66.6 Å². The van der Waals surface area contributed by atoms with E-state index in [1.54, 1.807) is 6.92 Å². The number of rotatable bonds is 9. The minimum atomic E-state index is -0.281. The van der Waals surface area contributed by atoms with E-state index in [2.05, 4.69) is 77.7 Å². The molecule has 4 nitrogen and oxygen atoms in total. The highest BCUT2D eigenvalue weighted by Crippen LogP contribution is 2.35. The van der Waals surface area contributed by atoms with Gasteiger partial charge < -0.3 is 14.4 Å². The maximum atomic E-state index is 11.4. The van der Waals surface area contributed by atoms with Crippen molar-refractivity contribution >= 4 is 23.0 Å². The number of anilines is 3. The van der Waals surface area contributed by atoms with Gasteiger partial charge in [0.2, 0.25) is 0 Å². The molecule has 34 heavy (non-hydrogen) atoms. The summed E-state index contributed by atoms with van der Waals surface area (Å²) in [7, 11) is 0. The van der Waals surface area contributed by atoms with E-state index in [9.17, 15) is 4.79 Å². The highest BCUT2D eigenvalue weighted by atomic mass is 16.6. The van der Waals surface area contributed by atoms with Gasteiger partial charge >= 0.3 is 5.97 Å². The van der Waals surface area contributed by atoms with Crippen LogP contribution < -0.4 is 9.64 Å². The number of hydrogen-bond acceptors (Lipinski definition) is 4. The average Bonchev–Trinajstić information content (AvgIpc) is 2.89. The van der Waals surface area contributed by atoms with Crippen molar-refractivity contribution in [3.05, 3.63) is 109 Å². The third kappa shape index (κ3) is 5.84. The van der Waals surface area contributed by atoms with Crippen LogP contribution in [-0.2, 0) is 9.53 Å². The van der Waals surface area contributed by atoms with Crippen LogP contribution in [0.4, 0.5) is 17.1 Å². The first-order valence-electron chi connectivity index (χ1n) is 11.6. The van der Waals surface area contributed by atoms with Crippen molar-refractivity contribution in [1.82, 2.24) is 0 Å². The van der Waals surface area contributed by atoms with Crippen LogP contribution in [0, 0.1) is 0 Å². The van der Waals surface area contributed by atoms with Crippen LogP contribution >= 0.6 is 0 Å². The van der Waals surface area contributed by atoms with E-state index in [1.165, 1.54) is 0 Å². The molecule has 4 heteroatoms. The van der Waals surface area contributed by atoms with Crippen LogP contribution in [0.25, 0.3) is 11.1 Å². The molecule has 0 heterocycles. The smallest absolute Gasteiger partial charge is 0.305 e. The Balaban J connectivity index is 1.48. The van der Waals surface area contributed by atoms with Crippen LogP contribution in [0.1, 0.15) is 20.3 Å². The lowest BCUT2D eigenvalue weighted by molar-refractivity contribution is -0.149. The Hall–Kier alpha value is -4.05. The van der Waals surface area contributed by atoms with Gasteiger partial charge in [0.15, 0.2) is 0 Å². The van der Waals surface area contributed by atoms with Crippen molar-refractivity contribution in [2.75, 3.05) is 11.5 Å². The van der Waals surface area contributed by atoms with Crippen molar-refractivity contribution in [2.24, 2.45) is 0 Å². The Bertz CT molecular complexity index is 1130. The van der Waals surface area contributed by atoms with Gasteiger partial charge in [-0.15, -0.1) is 0 Å². The fraction of sp³-hybridized carbons (Fsp3) is 0.167. The minimum Gasteiger partial charge on any atom is -0.490 e. The fourth-order valence-corrected chi connectivity index (χ4v) is 3.70. The Morgan fingerprint density at radius 3 is 1.68 bits per heavy atom. The summed E-state index contributed by atoms with van der Waals surface area (Å²) in [4.78, 5) is 13.6. The lowest BCUT2D eigenvalue weighted by atomic mass is 10.0. The molecule has 0 N–H and O–H groups in total. The Morgan fingerprint density at radius 2 is 1.18 bits per heavy atom. The summed E-state index contributed by atoms with van der Waals surface area (Å²) in [5.74, 6) is 0.534. The molecule has 0 saturated carbocycles. The second-order valence-corrected chi connectivity index (χ2v) is 8.04. The number of benzene rings is 4. The van der Waals surface area contributed by atoms with Crippen molar-refractivity contribution in [3.63, 3.8) is 0 Å². The summed E-state index contributed by atoms with van der Waals surface area (Å²) >= 11 is 0. The van der Waals surface area contributed by atoms with Crippen LogP contribution in [0.15, 0.2) is 109 Å². The number of carbonyl (C=O) groups excluding carboxylic acids is 1. The predicted octanol–water partition coefficient (Wildman–Crippen LogP) is 7.54. The van der Waals surface area contributed by atoms with E-state index >= 15 is 0 Å². The van der Waals surface area contributed by atoms with Crippen molar-refractivity contribution in [1.29, 1.82) is 0 Å². The molecular weight excluding hydrogens is 422 g/mol. The summed E-state index contributed by atoms with van der Waals surface area (Å²) in [6.45, 7) is 3.94. The Labute approximate surface area is 201 Å². The fourth-order valence-electron chi connectivity index (χ4n) is 3.70. The van der Waals surface area contributed by atoms with Gasteiger partial charge in [-0.3, -0.25) is 4.79 Å². The first-order valence-corrected chi connectivity index (χ1v) is 11.6. The topological polar surface area (TPSA) is 38.8 Å². The molecule has 0 aliphatic heterocycles. The normalized spacial score (nSPS) is 11.5. The lowest BCUT2D eigenvalue weighted by Crippen LogP contribution is -2.21. The molecule has 0 spiro atoms. The lowest BCUT2D eigenvalue weighted by Gasteiger charge is -2.25. The molecule has 172 valence electrons. The number of ether oxygens (including phenoxy) is 2. The molecule has 0 aliphatic rings. The molecule has 1 unspecified atom stereocenters. The molecule has 1 atom stereocenters. The van der Waals surface area contributed by atoms with E-state index in [1.807, 2.05) is 43.3 Å². The van der Waals surface area contributed by atoms with Crippen molar-refractivity contribution in [3.8, 4) is 16.9 Å². The van der Waals surface area contributed by atoms with Gasteiger partial charge in [0.05, 0.1) is 0 Å². The van der Waals surface area contributed by atoms with Crippen molar-refractivity contribution in [2.45, 2.75) is 26.4 Å². The monoisotopic (exact) mass is 451 g/mol. The van der Waals surface area contributed by atoms with E-state index in [0.29, 0.717) is 13.0 Å². The zero-order valence-electron chi connectivity index (χ0n) is 19.6. The molecule has 0 aliphatic carbocycles. The van der Waals surface area contributed by atoms with Crippen LogP contribution in [0.5, 0.6) is 5.75 Å². The molecule has 4 aromatic rings. The Morgan fingerprint density at radius 1 is 0.706 bits per heavy atom. The highest BCUT2D eigenvalue weighted by molar-refractivity contribution is 5.78. The molecule has 0 aromatic heterocycles. The molecule has 4 rings (SSSR count). The molecular formula is C30H29NO3. The summed E-state index contributed by atoms with van der Waals surface area (Å²) in [5, 5.41) is 0. The van der Waals surface area contributed by atoms with Crippen LogP contribution in [-0.4, -0.2) is 18.7 Å². The number of hydrogen-bond donors (Lipinski definition) is 0. The maximum Gasteiger partial charge on any atom is 0.305 e. The third-order valence-electron chi connectivity index (χ3n) is 5.45. The van der Waals surface area contributed by atoms with E-state index in [-0.39, 0.29) is 12.1 Å². The third-order valence-corrected chi connectivity index (χ3v) is 5.45. The standard InChI is InChI=1S/C30H29NO3/c1-3-30(32)34-23(2)22-33-29-20-16-25(17-21-29)24-14-18-28(19-15-24)31(26-10-6-4-7-11-26)27-12-8-5-9-13-27/h4-21,23H,3,22H2,1-2H3. The van der Waals surface area contributed by atoms with Gasteiger partial charge in [0, 0.05) is 23.5 Å². The molecule has 0 saturated heterocycles. The summed E-state index contributed by atoms with van der Waals surface area (Å²) in [6.07, 6.45) is 0.0866. The van der Waals surface area contributed by atoms with Gasteiger partial charge in [0.25, 0.3) is 0 Å². The number of esters is 1. The largest absolute Gasteiger partial charge is 0.490 e. The van der Waals surface area contributed by atoms with Gasteiger partial charge in [-0.1, -0.05) is 67.6 Å². The summed E-state index contributed by atoms with van der Waals surface area (Å²) in [6, 6.07) is 37.3. The first kappa shape index (κ1) is 23.1. The maximum absolute atomic E-state index is 11.4. The van der Waals surface area contributed by atoms with E-state index < -0.39 is 0 Å². The Kier molecular flexibility index (Phi) is 7.61. The number of carbonyl (C=O) groups is 1. The van der Waals surface area contributed by atoms with Gasteiger partial charge in [-0.2, -0.15) is 0 Å². The molecule has 0 bridgehead atoms. The number of nitrogens with zero attached hydrogens (tertiary/aromatic N) is 1. The second-order valence-electron chi connectivity index (χ2n) is 8.04. The number of para-hydroxylation sites is 2. The first-order chi connectivity index (χ1) is 16.6. The molecule has 4 aromatic carbocycles. The zero-order chi connectivity index (χ0) is 23.8. The van der Waals surface area contributed by atoms with Crippen LogP contribution in [0.3, 0.4) is 0 Å². The van der Waals surface area contributed by atoms with Gasteiger partial charge in [-0.25, -0.2) is 0 Å². The van der Waals surface area contributed by atoms with Gasteiger partial charge in [0.1, 0.15) is 18.5 Å². The quantitative estimate of drug-likeness (QED) is 0.246. The predicted molar refractivity (Wildman–Crippen MR) is 138 cm³/mol. The minimum absolute atomic E-state index is 0.215. The SMILES string of the molecule is CCC(=O)OC(C)COc1ccc(-c2ccc(N(c3ccccc3)c3ccccc3)cc2)cc1. The molecule has 0 radical (unpaired) electrons. The molecule has 0 amide bonds. The van der Waals surface area contributed by atoms with E-state index in [0.717, 1.165) is 33.9 Å². The zero-order valence-corrected chi connectivity index (χ0v) is 19.6. The summed E-state index contributed by atoms with van der Waals surface area (Å²) in [5.41, 5.74) is 5.55. The second kappa shape index (κ2) is 11.2. The average molecular weight is 452 g/mol.